The van der Waals surface area contributed by atoms with Gasteiger partial charge >= 0.3 is 0 Å². The molecule has 0 aromatic heterocycles. The predicted octanol–water partition coefficient (Wildman–Crippen LogP) is 2.52. The number of hydrogen-bond donors (Lipinski definition) is 1. The van der Waals surface area contributed by atoms with Crippen LogP contribution in [0.2, 0.25) is 0 Å². The van der Waals surface area contributed by atoms with E-state index in [4.69, 9.17) is 4.74 Å². The summed E-state index contributed by atoms with van der Waals surface area (Å²) in [5.74, 6) is 1.58. The number of hydrogen-bond acceptors (Lipinski definition) is 3. The van der Waals surface area contributed by atoms with Crippen molar-refractivity contribution in [3.63, 3.8) is 0 Å². The standard InChI is InChI=1S/C15H24N2O/c1-12-9-16-11-15(2,3)17(10-12)13-6-5-7-14(8-13)18-4/h5-8,12,16H,9-11H2,1-4H3. The molecule has 3 nitrogen and oxygen atoms in total. The monoisotopic (exact) mass is 248 g/mol. The largest absolute Gasteiger partial charge is 0.497 e. The van der Waals surface area contributed by atoms with Crippen LogP contribution < -0.4 is 15.0 Å². The number of methoxy groups -OCH3 is 1. The van der Waals surface area contributed by atoms with Crippen LogP contribution >= 0.6 is 0 Å². The Bertz CT molecular complexity index is 403. The van der Waals surface area contributed by atoms with Gasteiger partial charge in [-0.2, -0.15) is 0 Å². The van der Waals surface area contributed by atoms with E-state index in [2.05, 4.69) is 49.2 Å². The van der Waals surface area contributed by atoms with E-state index in [1.165, 1.54) is 5.69 Å². The molecule has 0 spiro atoms. The molecule has 1 heterocycles. The number of nitrogens with zero attached hydrogens (tertiary/aromatic N) is 1. The van der Waals surface area contributed by atoms with E-state index in [1.807, 2.05) is 6.07 Å². The molecule has 2 rings (SSSR count). The lowest BCUT2D eigenvalue weighted by Gasteiger charge is -2.39. The summed E-state index contributed by atoms with van der Waals surface area (Å²) in [6, 6.07) is 8.35. The third-order valence-electron chi connectivity index (χ3n) is 3.64. The van der Waals surface area contributed by atoms with E-state index in [9.17, 15) is 0 Å². The van der Waals surface area contributed by atoms with Crippen LogP contribution in [0.25, 0.3) is 0 Å². The SMILES string of the molecule is COc1cccc(N2CC(C)CNCC2(C)C)c1. The van der Waals surface area contributed by atoms with Gasteiger partial charge in [-0.25, -0.2) is 0 Å². The smallest absolute Gasteiger partial charge is 0.120 e. The second kappa shape index (κ2) is 5.19. The fourth-order valence-electron chi connectivity index (χ4n) is 2.58. The van der Waals surface area contributed by atoms with Crippen molar-refractivity contribution in [3.8, 4) is 5.75 Å². The fraction of sp³-hybridized carbons (Fsp3) is 0.600. The number of nitrogens with one attached hydrogen (secondary N) is 1. The van der Waals surface area contributed by atoms with Gasteiger partial charge < -0.3 is 15.0 Å². The Hall–Kier alpha value is -1.22. The topological polar surface area (TPSA) is 24.5 Å². The van der Waals surface area contributed by atoms with Gasteiger partial charge in [-0.1, -0.05) is 13.0 Å². The summed E-state index contributed by atoms with van der Waals surface area (Å²) in [5, 5.41) is 3.54. The summed E-state index contributed by atoms with van der Waals surface area (Å²) < 4.78 is 5.33. The molecule has 1 aromatic carbocycles. The molecular weight excluding hydrogens is 224 g/mol. The second-order valence-corrected chi connectivity index (χ2v) is 5.86. The van der Waals surface area contributed by atoms with Crippen molar-refractivity contribution in [2.45, 2.75) is 26.3 Å². The van der Waals surface area contributed by atoms with Crippen molar-refractivity contribution in [1.82, 2.24) is 5.32 Å². The van der Waals surface area contributed by atoms with Crippen LogP contribution in [0, 0.1) is 5.92 Å². The summed E-state index contributed by atoms with van der Waals surface area (Å²) in [6.45, 7) is 10.0. The van der Waals surface area contributed by atoms with Crippen LogP contribution in [0.15, 0.2) is 24.3 Å². The van der Waals surface area contributed by atoms with E-state index in [-0.39, 0.29) is 5.54 Å². The van der Waals surface area contributed by atoms with E-state index < -0.39 is 0 Å². The highest BCUT2D eigenvalue weighted by molar-refractivity contribution is 5.53. The molecule has 1 aliphatic heterocycles. The van der Waals surface area contributed by atoms with Crippen molar-refractivity contribution in [2.24, 2.45) is 5.92 Å². The first-order chi connectivity index (χ1) is 8.53. The molecule has 0 radical (unpaired) electrons. The first kappa shape index (κ1) is 13.2. The second-order valence-electron chi connectivity index (χ2n) is 5.86. The lowest BCUT2D eigenvalue weighted by atomic mass is 10.0. The first-order valence-electron chi connectivity index (χ1n) is 6.65. The summed E-state index contributed by atoms with van der Waals surface area (Å²) >= 11 is 0. The molecule has 1 aliphatic rings. The average molecular weight is 248 g/mol. The summed E-state index contributed by atoms with van der Waals surface area (Å²) in [4.78, 5) is 2.49. The zero-order chi connectivity index (χ0) is 13.2. The van der Waals surface area contributed by atoms with Gasteiger partial charge in [0.05, 0.1) is 7.11 Å². The minimum atomic E-state index is 0.122. The molecule has 1 saturated heterocycles. The molecule has 0 saturated carbocycles. The molecule has 1 unspecified atom stereocenters. The molecule has 0 bridgehead atoms. The zero-order valence-electron chi connectivity index (χ0n) is 11.9. The Morgan fingerprint density at radius 1 is 1.39 bits per heavy atom. The Balaban J connectivity index is 2.31. The van der Waals surface area contributed by atoms with Crippen molar-refractivity contribution in [2.75, 3.05) is 31.6 Å². The van der Waals surface area contributed by atoms with Gasteiger partial charge in [0, 0.05) is 30.4 Å². The number of anilines is 1. The molecular formula is C15H24N2O. The van der Waals surface area contributed by atoms with E-state index in [0.717, 1.165) is 25.4 Å². The highest BCUT2D eigenvalue weighted by Gasteiger charge is 2.30. The maximum atomic E-state index is 5.33. The number of benzene rings is 1. The van der Waals surface area contributed by atoms with E-state index in [1.54, 1.807) is 7.11 Å². The molecule has 0 aliphatic carbocycles. The minimum Gasteiger partial charge on any atom is -0.497 e. The van der Waals surface area contributed by atoms with Gasteiger partial charge in [-0.3, -0.25) is 0 Å². The molecule has 100 valence electrons. The van der Waals surface area contributed by atoms with Crippen molar-refractivity contribution >= 4 is 5.69 Å². The summed E-state index contributed by atoms with van der Waals surface area (Å²) in [5.41, 5.74) is 1.37. The van der Waals surface area contributed by atoms with E-state index >= 15 is 0 Å². The fourth-order valence-corrected chi connectivity index (χ4v) is 2.58. The van der Waals surface area contributed by atoms with Crippen molar-refractivity contribution < 1.29 is 4.74 Å². The lowest BCUT2D eigenvalue weighted by molar-refractivity contribution is 0.413. The van der Waals surface area contributed by atoms with Crippen molar-refractivity contribution in [1.29, 1.82) is 0 Å². The van der Waals surface area contributed by atoms with E-state index in [0.29, 0.717) is 5.92 Å². The molecule has 1 fully saturated rings. The molecule has 18 heavy (non-hydrogen) atoms. The molecule has 1 N–H and O–H groups in total. The van der Waals surface area contributed by atoms with Gasteiger partial charge in [0.25, 0.3) is 0 Å². The third-order valence-corrected chi connectivity index (χ3v) is 3.64. The maximum Gasteiger partial charge on any atom is 0.120 e. The third kappa shape index (κ3) is 2.78. The Morgan fingerprint density at radius 2 is 2.17 bits per heavy atom. The zero-order valence-corrected chi connectivity index (χ0v) is 11.9. The minimum absolute atomic E-state index is 0.122. The number of rotatable bonds is 2. The van der Waals surface area contributed by atoms with Crippen LogP contribution in [0.4, 0.5) is 5.69 Å². The Kier molecular flexibility index (Phi) is 3.81. The molecule has 1 aromatic rings. The predicted molar refractivity (Wildman–Crippen MR) is 76.5 cm³/mol. The van der Waals surface area contributed by atoms with Crippen LogP contribution in [-0.4, -0.2) is 32.3 Å². The molecule has 1 atom stereocenters. The normalized spacial score (nSPS) is 23.6. The van der Waals surface area contributed by atoms with Gasteiger partial charge in [0.2, 0.25) is 0 Å². The quantitative estimate of drug-likeness (QED) is 0.870. The van der Waals surface area contributed by atoms with Gasteiger partial charge in [0.15, 0.2) is 0 Å². The average Bonchev–Trinajstić information content (AvgIpc) is 2.48. The Morgan fingerprint density at radius 3 is 2.89 bits per heavy atom. The summed E-state index contributed by atoms with van der Waals surface area (Å²) in [6.07, 6.45) is 0. The van der Waals surface area contributed by atoms with Gasteiger partial charge in [-0.15, -0.1) is 0 Å². The number of ether oxygens (including phenoxy) is 1. The maximum absolute atomic E-state index is 5.33. The lowest BCUT2D eigenvalue weighted by Crippen LogP contribution is -2.49. The van der Waals surface area contributed by atoms with Crippen molar-refractivity contribution in [3.05, 3.63) is 24.3 Å². The van der Waals surface area contributed by atoms with Crippen LogP contribution in [0.1, 0.15) is 20.8 Å². The Labute approximate surface area is 110 Å². The summed E-state index contributed by atoms with van der Waals surface area (Å²) in [7, 11) is 1.72. The van der Waals surface area contributed by atoms with Gasteiger partial charge in [0.1, 0.15) is 5.75 Å². The van der Waals surface area contributed by atoms with Crippen LogP contribution in [0.3, 0.4) is 0 Å². The highest BCUT2D eigenvalue weighted by atomic mass is 16.5. The highest BCUT2D eigenvalue weighted by Crippen LogP contribution is 2.29. The molecule has 3 heteroatoms. The van der Waals surface area contributed by atoms with Crippen LogP contribution in [0.5, 0.6) is 5.75 Å². The first-order valence-corrected chi connectivity index (χ1v) is 6.65. The molecule has 0 amide bonds. The van der Waals surface area contributed by atoms with Crippen LogP contribution in [-0.2, 0) is 0 Å². The van der Waals surface area contributed by atoms with Gasteiger partial charge in [-0.05, 0) is 38.4 Å².